The van der Waals surface area contributed by atoms with Gasteiger partial charge in [0, 0.05) is 87.9 Å². The fourth-order valence-electron chi connectivity index (χ4n) is 5.32. The van der Waals surface area contributed by atoms with E-state index in [2.05, 4.69) is 70.3 Å². The van der Waals surface area contributed by atoms with Crippen molar-refractivity contribution in [3.05, 3.63) is 18.5 Å². The molecule has 1 N–H and O–H groups in total. The van der Waals surface area contributed by atoms with Crippen molar-refractivity contribution in [3.8, 4) is 0 Å². The van der Waals surface area contributed by atoms with E-state index >= 15 is 0 Å². The van der Waals surface area contributed by atoms with Crippen LogP contribution in [-0.2, 0) is 39.9 Å². The summed E-state index contributed by atoms with van der Waals surface area (Å²) in [6.07, 6.45) is -1.56. The molecule has 19 heteroatoms. The minimum atomic E-state index is -0.545. The molecule has 0 aliphatic carbocycles. The number of aromatic nitrogens is 4. The first-order chi connectivity index (χ1) is 24.0. The Kier molecular flexibility index (Phi) is 16.3. The van der Waals surface area contributed by atoms with Gasteiger partial charge in [0.25, 0.3) is 0 Å². The molecule has 0 aromatic carbocycles. The molecule has 0 bridgehead atoms. The Morgan fingerprint density at radius 2 is 1.16 bits per heavy atom. The minimum absolute atomic E-state index is 0.265. The molecule has 2 aliphatic heterocycles. The number of aromatic amines is 1. The average Bonchev–Trinajstić information content (AvgIpc) is 3.60. The summed E-state index contributed by atoms with van der Waals surface area (Å²) in [5.41, 5.74) is 0.536. The van der Waals surface area contributed by atoms with Crippen LogP contribution in [0.3, 0.4) is 0 Å². The Bertz CT molecular complexity index is 1400. The summed E-state index contributed by atoms with van der Waals surface area (Å²) < 4.78 is 41.2. The summed E-state index contributed by atoms with van der Waals surface area (Å²) in [6, 6.07) is 0. The third-order valence-electron chi connectivity index (χ3n) is 7.64. The first-order valence-corrected chi connectivity index (χ1v) is 18.7. The van der Waals surface area contributed by atoms with Crippen molar-refractivity contribution in [2.24, 2.45) is 0 Å². The zero-order chi connectivity index (χ0) is 38.1. The lowest BCUT2D eigenvalue weighted by Gasteiger charge is -2.36. The van der Waals surface area contributed by atoms with E-state index in [4.69, 9.17) is 33.2 Å². The summed E-state index contributed by atoms with van der Waals surface area (Å²) >= 11 is 4.49. The lowest BCUT2D eigenvalue weighted by molar-refractivity contribution is -0.109. The van der Waals surface area contributed by atoms with Gasteiger partial charge in [-0.05, 0) is 86.7 Å². The van der Waals surface area contributed by atoms with Crippen molar-refractivity contribution >= 4 is 69.0 Å². The number of piperazine rings is 2. The van der Waals surface area contributed by atoms with Crippen LogP contribution in [0.25, 0.3) is 0 Å². The molecule has 2 fully saturated rings. The Balaban J connectivity index is 0.000000277. The van der Waals surface area contributed by atoms with E-state index in [0.29, 0.717) is 64.8 Å². The van der Waals surface area contributed by atoms with Crippen molar-refractivity contribution in [3.63, 3.8) is 0 Å². The lowest BCUT2D eigenvalue weighted by atomic mass is 10.2. The van der Waals surface area contributed by atoms with Crippen LogP contribution in [0.15, 0.2) is 0 Å². The molecular weight excluding hydrogens is 894 g/mol. The largest absolute Gasteiger partial charge is 0.444 e. The highest BCUT2D eigenvalue weighted by molar-refractivity contribution is 14.1. The molecule has 17 nitrogen and oxygen atoms in total. The topological polar surface area (TPSA) is 158 Å². The molecule has 4 rings (SSSR count). The second-order valence-corrected chi connectivity index (χ2v) is 15.9. The van der Waals surface area contributed by atoms with Gasteiger partial charge in [-0.25, -0.2) is 14.3 Å². The third kappa shape index (κ3) is 11.9. The van der Waals surface area contributed by atoms with E-state index in [1.807, 2.05) is 41.5 Å². The molecule has 2 amide bonds. The predicted molar refractivity (Wildman–Crippen MR) is 207 cm³/mol. The molecule has 0 unspecified atom stereocenters. The predicted octanol–water partition coefficient (Wildman–Crippen LogP) is 4.80. The number of hydrogen-bond acceptors (Lipinski definition) is 13. The Morgan fingerprint density at radius 1 is 0.706 bits per heavy atom. The van der Waals surface area contributed by atoms with Crippen LogP contribution in [0.4, 0.5) is 21.2 Å². The van der Waals surface area contributed by atoms with Crippen LogP contribution >= 0.6 is 45.2 Å². The number of H-pyrrole nitrogens is 1. The number of ether oxygens (including phenoxy) is 7. The number of rotatable bonds is 10. The number of anilines is 2. The highest BCUT2D eigenvalue weighted by atomic mass is 127. The molecule has 2 aromatic heterocycles. The standard InChI is InChI=1S/C17H29IN4O5.C15H25IN4O4/c1-17(2,3)27-16(23)21-9-7-20(8-10-21)14-12(18)13(15(25-5)26-6)19-22(14)11-24-4;1-15(2,3)24-14(21)20-8-6-19(7-9-20)12-10(16)11(17-18-12)13(22-4)23-5/h15H,7-11H2,1-6H3;13H,6-9H2,1-5H3,(H,17,18). The molecule has 4 heterocycles. The van der Waals surface area contributed by atoms with Gasteiger partial charge in [-0.3, -0.25) is 5.10 Å². The maximum atomic E-state index is 12.3. The number of nitrogens with zero attached hydrogens (tertiary/aromatic N) is 7. The van der Waals surface area contributed by atoms with E-state index in [1.54, 1.807) is 50.0 Å². The maximum absolute atomic E-state index is 12.3. The number of carbonyl (C=O) groups excluding carboxylic acids is 2. The summed E-state index contributed by atoms with van der Waals surface area (Å²) in [5, 5.41) is 12.0. The zero-order valence-electron chi connectivity index (χ0n) is 31.6. The zero-order valence-corrected chi connectivity index (χ0v) is 35.9. The van der Waals surface area contributed by atoms with E-state index in [0.717, 1.165) is 24.5 Å². The normalized spacial score (nSPS) is 15.7. The highest BCUT2D eigenvalue weighted by Crippen LogP contribution is 2.32. The van der Waals surface area contributed by atoms with Gasteiger partial charge in [0.05, 0.1) is 7.14 Å². The van der Waals surface area contributed by atoms with Crippen LogP contribution in [0, 0.1) is 7.14 Å². The molecular formula is C32H54I2N8O9. The second kappa shape index (κ2) is 19.2. The van der Waals surface area contributed by atoms with Crippen LogP contribution in [0.1, 0.15) is 65.5 Å². The van der Waals surface area contributed by atoms with Gasteiger partial charge >= 0.3 is 12.2 Å². The molecule has 2 saturated heterocycles. The maximum Gasteiger partial charge on any atom is 0.410 e. The second-order valence-electron chi connectivity index (χ2n) is 13.7. The van der Waals surface area contributed by atoms with E-state index in [-0.39, 0.29) is 12.2 Å². The monoisotopic (exact) mass is 948 g/mol. The minimum Gasteiger partial charge on any atom is -0.444 e. The van der Waals surface area contributed by atoms with Gasteiger partial charge in [0.1, 0.15) is 35.1 Å². The van der Waals surface area contributed by atoms with E-state index in [9.17, 15) is 9.59 Å². The fraction of sp³-hybridized carbons (Fsp3) is 0.750. The quantitative estimate of drug-likeness (QED) is 0.256. The molecule has 290 valence electrons. The van der Waals surface area contributed by atoms with Gasteiger partial charge in [-0.15, -0.1) is 0 Å². The fourth-order valence-corrected chi connectivity index (χ4v) is 7.14. The molecule has 2 aromatic rings. The summed E-state index contributed by atoms with van der Waals surface area (Å²) in [5.74, 6) is 1.80. The van der Waals surface area contributed by atoms with E-state index in [1.165, 1.54) is 0 Å². The number of carbonyl (C=O) groups is 2. The number of amides is 2. The van der Waals surface area contributed by atoms with Crippen molar-refractivity contribution < 1.29 is 42.7 Å². The van der Waals surface area contributed by atoms with Gasteiger partial charge in [0.2, 0.25) is 12.6 Å². The number of hydrogen-bond donors (Lipinski definition) is 1. The first kappa shape index (κ1) is 43.2. The Labute approximate surface area is 328 Å². The number of methoxy groups -OCH3 is 5. The van der Waals surface area contributed by atoms with Gasteiger partial charge in [-0.1, -0.05) is 0 Å². The molecule has 0 atom stereocenters. The highest BCUT2D eigenvalue weighted by Gasteiger charge is 2.32. The Hall–Kier alpha value is -2.18. The van der Waals surface area contributed by atoms with Crippen molar-refractivity contribution in [2.45, 2.75) is 72.1 Å². The molecule has 0 spiro atoms. The SMILES string of the molecule is COC(OC)c1[nH]nc(N2CCN(C(=O)OC(C)(C)C)CC2)c1I.COCn1nc(C(OC)OC)c(I)c1N1CCN(C(=O)OC(C)(C)C)CC1. The van der Waals surface area contributed by atoms with Crippen molar-refractivity contribution in [1.29, 1.82) is 0 Å². The van der Waals surface area contributed by atoms with Gasteiger partial charge < -0.3 is 52.8 Å². The van der Waals surface area contributed by atoms with E-state index < -0.39 is 23.8 Å². The molecule has 2 aliphatic rings. The Morgan fingerprint density at radius 3 is 1.57 bits per heavy atom. The number of halogens is 2. The molecule has 0 radical (unpaired) electrons. The lowest BCUT2D eigenvalue weighted by Crippen LogP contribution is -2.50. The number of nitrogens with one attached hydrogen (secondary N) is 1. The average molecular weight is 949 g/mol. The first-order valence-electron chi connectivity index (χ1n) is 16.5. The van der Waals surface area contributed by atoms with Gasteiger partial charge in [-0.2, -0.15) is 10.2 Å². The van der Waals surface area contributed by atoms with Crippen molar-refractivity contribution in [2.75, 3.05) is 97.7 Å². The van der Waals surface area contributed by atoms with Crippen LogP contribution in [-0.4, -0.2) is 141 Å². The van der Waals surface area contributed by atoms with Gasteiger partial charge in [0.15, 0.2) is 5.82 Å². The molecule has 0 saturated carbocycles. The summed E-state index contributed by atoms with van der Waals surface area (Å²) in [7, 11) is 7.97. The van der Waals surface area contributed by atoms with Crippen LogP contribution in [0.2, 0.25) is 0 Å². The summed E-state index contributed by atoms with van der Waals surface area (Å²) in [6.45, 7) is 16.7. The van der Waals surface area contributed by atoms with Crippen LogP contribution in [0.5, 0.6) is 0 Å². The van der Waals surface area contributed by atoms with Crippen molar-refractivity contribution in [1.82, 2.24) is 29.8 Å². The van der Waals surface area contributed by atoms with Crippen LogP contribution < -0.4 is 9.80 Å². The third-order valence-corrected chi connectivity index (χ3v) is 9.74. The summed E-state index contributed by atoms with van der Waals surface area (Å²) in [4.78, 5) is 32.2. The molecule has 51 heavy (non-hydrogen) atoms. The smallest absolute Gasteiger partial charge is 0.410 e.